The van der Waals surface area contributed by atoms with E-state index in [-0.39, 0.29) is 0 Å². The van der Waals surface area contributed by atoms with Crippen LogP contribution in [0.3, 0.4) is 0 Å². The maximum Gasteiger partial charge on any atom is 0.329 e. The number of aromatic nitrogens is 1. The number of aryl methyl sites for hydroxylation is 1. The van der Waals surface area contributed by atoms with Crippen LogP contribution in [0.25, 0.3) is 21.8 Å². The third-order valence-corrected chi connectivity index (χ3v) is 3.72. The van der Waals surface area contributed by atoms with Gasteiger partial charge in [0.25, 0.3) is 0 Å². The lowest BCUT2D eigenvalue weighted by atomic mass is 10.1. The SMILES string of the molecule is CCn1c2ccccc2c2cc(/C=N\NC(=O)C(N)=O)ccc21. The van der Waals surface area contributed by atoms with Crippen LogP contribution in [0.5, 0.6) is 0 Å². The van der Waals surface area contributed by atoms with Crippen molar-refractivity contribution in [2.75, 3.05) is 0 Å². The summed E-state index contributed by atoms with van der Waals surface area (Å²) in [6.07, 6.45) is 1.48. The van der Waals surface area contributed by atoms with Gasteiger partial charge in [0.05, 0.1) is 6.21 Å². The summed E-state index contributed by atoms with van der Waals surface area (Å²) in [5, 5.41) is 6.03. The van der Waals surface area contributed by atoms with Gasteiger partial charge in [0.1, 0.15) is 0 Å². The molecule has 0 saturated carbocycles. The topological polar surface area (TPSA) is 89.5 Å². The summed E-state index contributed by atoms with van der Waals surface area (Å²) in [5.74, 6) is -2.01. The number of carbonyl (C=O) groups excluding carboxylic acids is 2. The zero-order valence-corrected chi connectivity index (χ0v) is 12.6. The fourth-order valence-electron chi connectivity index (χ4n) is 2.71. The first-order valence-electron chi connectivity index (χ1n) is 7.25. The second-order valence-corrected chi connectivity index (χ2v) is 5.10. The number of amides is 2. The van der Waals surface area contributed by atoms with Gasteiger partial charge in [-0.25, -0.2) is 5.43 Å². The van der Waals surface area contributed by atoms with E-state index >= 15 is 0 Å². The normalized spacial score (nSPS) is 11.3. The summed E-state index contributed by atoms with van der Waals surface area (Å²) in [6, 6.07) is 14.1. The maximum atomic E-state index is 11.1. The number of nitrogens with two attached hydrogens (primary N) is 1. The molecule has 116 valence electrons. The summed E-state index contributed by atoms with van der Waals surface area (Å²) in [6.45, 7) is 2.99. The number of hydrogen-bond acceptors (Lipinski definition) is 3. The fourth-order valence-corrected chi connectivity index (χ4v) is 2.71. The van der Waals surface area contributed by atoms with Gasteiger partial charge < -0.3 is 10.3 Å². The largest absolute Gasteiger partial charge is 0.361 e. The molecule has 0 atom stereocenters. The van der Waals surface area contributed by atoms with Crippen molar-refractivity contribution < 1.29 is 9.59 Å². The monoisotopic (exact) mass is 308 g/mol. The number of rotatable bonds is 3. The van der Waals surface area contributed by atoms with Crippen LogP contribution < -0.4 is 11.2 Å². The minimum Gasteiger partial charge on any atom is -0.361 e. The minimum absolute atomic E-state index is 0.821. The van der Waals surface area contributed by atoms with Crippen molar-refractivity contribution >= 4 is 39.8 Å². The minimum atomic E-state index is -1.07. The summed E-state index contributed by atoms with van der Waals surface area (Å²) in [5.41, 5.74) is 10.1. The fraction of sp³-hybridized carbons (Fsp3) is 0.118. The van der Waals surface area contributed by atoms with Crippen molar-refractivity contribution in [3.8, 4) is 0 Å². The molecule has 1 heterocycles. The van der Waals surface area contributed by atoms with Gasteiger partial charge in [-0.15, -0.1) is 0 Å². The number of nitrogens with zero attached hydrogens (tertiary/aromatic N) is 2. The standard InChI is InChI=1S/C17H16N4O2/c1-2-21-14-6-4-3-5-12(14)13-9-11(7-8-15(13)21)10-19-20-17(23)16(18)22/h3-10H,2H2,1H3,(H2,18,22)(H,20,23)/b19-10-. The molecular formula is C17H16N4O2. The van der Waals surface area contributed by atoms with Gasteiger partial charge in [0.2, 0.25) is 0 Å². The predicted octanol–water partition coefficient (Wildman–Crippen LogP) is 1.75. The summed E-state index contributed by atoms with van der Waals surface area (Å²) >= 11 is 0. The third-order valence-electron chi connectivity index (χ3n) is 3.72. The number of fused-ring (bicyclic) bond motifs is 3. The molecule has 6 heteroatoms. The highest BCUT2D eigenvalue weighted by molar-refractivity contribution is 6.34. The van der Waals surface area contributed by atoms with E-state index in [2.05, 4.69) is 34.2 Å². The lowest BCUT2D eigenvalue weighted by molar-refractivity contribution is -0.137. The van der Waals surface area contributed by atoms with E-state index in [0.717, 1.165) is 23.0 Å². The molecule has 0 aliphatic rings. The molecule has 2 aromatic carbocycles. The van der Waals surface area contributed by atoms with Crippen molar-refractivity contribution in [1.29, 1.82) is 0 Å². The zero-order valence-electron chi connectivity index (χ0n) is 12.6. The van der Waals surface area contributed by atoms with Gasteiger partial charge in [-0.1, -0.05) is 24.3 Å². The number of para-hydroxylation sites is 1. The molecule has 0 radical (unpaired) electrons. The van der Waals surface area contributed by atoms with Crippen molar-refractivity contribution in [2.24, 2.45) is 10.8 Å². The average Bonchev–Trinajstić information content (AvgIpc) is 2.88. The number of hydrogen-bond donors (Lipinski definition) is 2. The number of benzene rings is 2. The maximum absolute atomic E-state index is 11.1. The van der Waals surface area contributed by atoms with Crippen molar-refractivity contribution in [3.63, 3.8) is 0 Å². The van der Waals surface area contributed by atoms with Gasteiger partial charge in [-0.2, -0.15) is 5.10 Å². The Morgan fingerprint density at radius 2 is 1.91 bits per heavy atom. The first-order valence-corrected chi connectivity index (χ1v) is 7.25. The zero-order chi connectivity index (χ0) is 16.4. The van der Waals surface area contributed by atoms with E-state index in [4.69, 9.17) is 5.73 Å². The van der Waals surface area contributed by atoms with Gasteiger partial charge in [-0.3, -0.25) is 9.59 Å². The summed E-state index contributed by atoms with van der Waals surface area (Å²) in [4.78, 5) is 21.7. The van der Waals surface area contributed by atoms with Gasteiger partial charge in [0.15, 0.2) is 0 Å². The first-order chi connectivity index (χ1) is 11.1. The second-order valence-electron chi connectivity index (χ2n) is 5.10. The Morgan fingerprint density at radius 1 is 1.17 bits per heavy atom. The highest BCUT2D eigenvalue weighted by atomic mass is 16.2. The Bertz CT molecular complexity index is 940. The Kier molecular flexibility index (Phi) is 3.80. The van der Waals surface area contributed by atoms with Crippen LogP contribution in [0.15, 0.2) is 47.6 Å². The molecule has 3 rings (SSSR count). The number of nitrogens with one attached hydrogen (secondary N) is 1. The van der Waals surface area contributed by atoms with Gasteiger partial charge >= 0.3 is 11.8 Å². The Hall–Kier alpha value is -3.15. The van der Waals surface area contributed by atoms with E-state index in [0.29, 0.717) is 0 Å². The van der Waals surface area contributed by atoms with E-state index in [1.165, 1.54) is 17.1 Å². The highest BCUT2D eigenvalue weighted by Gasteiger charge is 2.09. The van der Waals surface area contributed by atoms with E-state index in [1.54, 1.807) is 0 Å². The number of primary amides is 1. The Labute approximate surface area is 132 Å². The molecule has 3 N–H and O–H groups in total. The van der Waals surface area contributed by atoms with Crippen molar-refractivity contribution in [2.45, 2.75) is 13.5 Å². The quantitative estimate of drug-likeness (QED) is 0.438. The average molecular weight is 308 g/mol. The summed E-state index contributed by atoms with van der Waals surface area (Å²) < 4.78 is 2.25. The van der Waals surface area contributed by atoms with Gasteiger partial charge in [0, 0.05) is 28.4 Å². The van der Waals surface area contributed by atoms with Crippen LogP contribution in [-0.4, -0.2) is 22.6 Å². The predicted molar refractivity (Wildman–Crippen MR) is 90.0 cm³/mol. The molecule has 0 spiro atoms. The van der Waals surface area contributed by atoms with Crippen LogP contribution in [-0.2, 0) is 16.1 Å². The van der Waals surface area contributed by atoms with E-state index in [1.807, 2.05) is 30.3 Å². The lowest BCUT2D eigenvalue weighted by Crippen LogP contribution is -2.32. The molecular weight excluding hydrogens is 292 g/mol. The lowest BCUT2D eigenvalue weighted by Gasteiger charge is -2.02. The second kappa shape index (κ2) is 5.92. The molecule has 0 aliphatic carbocycles. The van der Waals surface area contributed by atoms with Crippen LogP contribution in [0.1, 0.15) is 12.5 Å². The highest BCUT2D eigenvalue weighted by Crippen LogP contribution is 2.29. The van der Waals surface area contributed by atoms with Crippen LogP contribution in [0.2, 0.25) is 0 Å². The molecule has 0 unspecified atom stereocenters. The molecule has 6 nitrogen and oxygen atoms in total. The van der Waals surface area contributed by atoms with E-state index in [9.17, 15) is 9.59 Å². The summed E-state index contributed by atoms with van der Waals surface area (Å²) in [7, 11) is 0. The van der Waals surface area contributed by atoms with Crippen molar-refractivity contribution in [1.82, 2.24) is 9.99 Å². The molecule has 0 saturated heterocycles. The van der Waals surface area contributed by atoms with Gasteiger partial charge in [-0.05, 0) is 30.7 Å². The first kappa shape index (κ1) is 14.8. The smallest absolute Gasteiger partial charge is 0.329 e. The van der Waals surface area contributed by atoms with E-state index < -0.39 is 11.8 Å². The molecule has 0 aliphatic heterocycles. The molecule has 0 bridgehead atoms. The van der Waals surface area contributed by atoms with Crippen LogP contribution >= 0.6 is 0 Å². The molecule has 3 aromatic rings. The number of hydrazone groups is 1. The van der Waals surface area contributed by atoms with Crippen LogP contribution in [0, 0.1) is 0 Å². The van der Waals surface area contributed by atoms with Crippen molar-refractivity contribution in [3.05, 3.63) is 48.0 Å². The third kappa shape index (κ3) is 2.66. The molecule has 23 heavy (non-hydrogen) atoms. The molecule has 1 aromatic heterocycles. The number of carbonyl (C=O) groups is 2. The Morgan fingerprint density at radius 3 is 2.65 bits per heavy atom. The molecule has 2 amide bonds. The molecule has 0 fully saturated rings. The Balaban J connectivity index is 2.02. The van der Waals surface area contributed by atoms with Crippen LogP contribution in [0.4, 0.5) is 0 Å².